The van der Waals surface area contributed by atoms with Crippen LogP contribution in [0.3, 0.4) is 0 Å². The van der Waals surface area contributed by atoms with Crippen LogP contribution in [0.15, 0.2) is 34.7 Å². The summed E-state index contributed by atoms with van der Waals surface area (Å²) in [5.74, 6) is 1.65. The smallest absolute Gasteiger partial charge is 0.135 e. The summed E-state index contributed by atoms with van der Waals surface area (Å²) < 4.78 is 5.87. The first-order valence-electron chi connectivity index (χ1n) is 7.90. The third kappa shape index (κ3) is 7.45. The lowest BCUT2D eigenvalue weighted by molar-refractivity contribution is -0.00100. The van der Waals surface area contributed by atoms with E-state index in [4.69, 9.17) is 27.6 Å². The molecule has 9 heteroatoms. The highest BCUT2D eigenvalue weighted by atomic mass is 35.5. The van der Waals surface area contributed by atoms with Gasteiger partial charge in [-0.3, -0.25) is 4.90 Å². The lowest BCUT2D eigenvalue weighted by Gasteiger charge is -2.27. The average Bonchev–Trinajstić information content (AvgIpc) is 3.03. The Morgan fingerprint density at radius 2 is 1.77 bits per heavy atom. The summed E-state index contributed by atoms with van der Waals surface area (Å²) in [6, 6.07) is 9.29. The summed E-state index contributed by atoms with van der Waals surface area (Å²) in [7, 11) is 0. The highest BCUT2D eigenvalue weighted by Crippen LogP contribution is 2.31. The van der Waals surface area contributed by atoms with Crippen LogP contribution >= 0.6 is 23.2 Å². The van der Waals surface area contributed by atoms with Gasteiger partial charge in [-0.2, -0.15) is 0 Å². The summed E-state index contributed by atoms with van der Waals surface area (Å²) in [6.07, 6.45) is 0. The fraction of sp³-hybridized carbons (Fsp3) is 0.412. The fourth-order valence-corrected chi connectivity index (χ4v) is 3.07. The Morgan fingerprint density at radius 1 is 1.04 bits per heavy atom. The molecule has 148 valence electrons. The zero-order valence-corrected chi connectivity index (χ0v) is 17.9. The van der Waals surface area contributed by atoms with Crippen LogP contribution in [-0.2, 0) is 6.54 Å². The molecule has 1 aromatic carbocycles. The summed E-state index contributed by atoms with van der Waals surface area (Å²) >= 11 is 12.2. The molecule has 2 N–H and O–H groups in total. The van der Waals surface area contributed by atoms with Crippen molar-refractivity contribution < 1.29 is 41.6 Å². The largest absolute Gasteiger partial charge is 1.00 e. The molecule has 0 spiro atoms. The Balaban J connectivity index is 0.00000208. The number of furan rings is 1. The summed E-state index contributed by atoms with van der Waals surface area (Å²) in [4.78, 5) is 2.46. The van der Waals surface area contributed by atoms with E-state index in [9.17, 15) is 0 Å². The number of piperazine rings is 1. The minimum Gasteiger partial charge on any atom is -1.00 e. The van der Waals surface area contributed by atoms with E-state index in [2.05, 4.69) is 15.5 Å². The Morgan fingerprint density at radius 3 is 2.50 bits per heavy atom. The molecule has 0 radical (unpaired) electrons. The summed E-state index contributed by atoms with van der Waals surface area (Å²) in [5, 5.41) is 8.08. The molecule has 0 atom stereocenters. The lowest BCUT2D eigenvalue weighted by atomic mass is 10.2. The molecule has 0 unspecified atom stereocenters. The van der Waals surface area contributed by atoms with Crippen LogP contribution < -0.4 is 47.9 Å². The first-order chi connectivity index (χ1) is 11.2. The first-order valence-corrected chi connectivity index (χ1v) is 8.66. The molecule has 26 heavy (non-hydrogen) atoms. The van der Waals surface area contributed by atoms with Crippen molar-refractivity contribution in [2.24, 2.45) is 0 Å². The predicted octanol–water partition coefficient (Wildman–Crippen LogP) is -5.74. The number of rotatable bonds is 6. The lowest BCUT2D eigenvalue weighted by Crippen LogP contribution is -3.00. The van der Waals surface area contributed by atoms with E-state index in [0.29, 0.717) is 16.6 Å². The maximum atomic E-state index is 6.21. The van der Waals surface area contributed by atoms with E-state index in [0.717, 1.165) is 56.4 Å². The van der Waals surface area contributed by atoms with Crippen molar-refractivity contribution in [3.8, 4) is 11.3 Å². The highest BCUT2D eigenvalue weighted by Gasteiger charge is 2.10. The zero-order chi connectivity index (χ0) is 16.1. The molecule has 1 aliphatic rings. The maximum absolute atomic E-state index is 6.21. The average molecular weight is 461 g/mol. The van der Waals surface area contributed by atoms with E-state index in [-0.39, 0.29) is 37.2 Å². The standard InChI is InChI=1S/C17H21Cl2N3O.3ClH/c18-13-1-3-16(19)15(11-13)17-4-2-14(23-17)12-21-7-10-22-8-5-20-6-9-22;;;/h1-4,11,20-21H,5-10,12H2;3*1H/p-3. The molecule has 1 aromatic heterocycles. The molecular formula is C17H21Cl5N3O-3. The van der Waals surface area contributed by atoms with Gasteiger partial charge in [0.25, 0.3) is 0 Å². The second-order valence-corrected chi connectivity index (χ2v) is 6.50. The normalized spacial score (nSPS) is 14.1. The number of nitrogens with one attached hydrogen (secondary N) is 2. The Labute approximate surface area is 183 Å². The van der Waals surface area contributed by atoms with Crippen molar-refractivity contribution in [3.63, 3.8) is 0 Å². The van der Waals surface area contributed by atoms with Crippen LogP contribution in [0.25, 0.3) is 11.3 Å². The molecule has 0 aliphatic carbocycles. The van der Waals surface area contributed by atoms with E-state index in [1.165, 1.54) is 0 Å². The highest BCUT2D eigenvalue weighted by molar-refractivity contribution is 6.35. The van der Waals surface area contributed by atoms with Crippen LogP contribution in [0.5, 0.6) is 0 Å². The zero-order valence-electron chi connectivity index (χ0n) is 14.1. The summed E-state index contributed by atoms with van der Waals surface area (Å²) in [5.41, 5.74) is 0.825. The molecule has 2 heterocycles. The van der Waals surface area contributed by atoms with Crippen molar-refractivity contribution >= 4 is 23.2 Å². The van der Waals surface area contributed by atoms with Gasteiger partial charge in [0.2, 0.25) is 0 Å². The van der Waals surface area contributed by atoms with Gasteiger partial charge >= 0.3 is 0 Å². The van der Waals surface area contributed by atoms with Crippen LogP contribution in [0.1, 0.15) is 5.76 Å². The Kier molecular flexibility index (Phi) is 13.0. The second-order valence-electron chi connectivity index (χ2n) is 5.66. The Bertz CT molecular complexity index is 647. The molecule has 2 aromatic rings. The van der Waals surface area contributed by atoms with E-state index in [1.54, 1.807) is 12.1 Å². The predicted molar refractivity (Wildman–Crippen MR) is 95.2 cm³/mol. The topological polar surface area (TPSA) is 40.4 Å². The number of benzene rings is 1. The summed E-state index contributed by atoms with van der Waals surface area (Å²) in [6.45, 7) is 7.15. The van der Waals surface area contributed by atoms with Crippen molar-refractivity contribution in [1.29, 1.82) is 0 Å². The Hall–Kier alpha value is -0.170. The van der Waals surface area contributed by atoms with Crippen LogP contribution in [0.2, 0.25) is 10.0 Å². The van der Waals surface area contributed by atoms with Crippen molar-refractivity contribution in [3.05, 3.63) is 46.1 Å². The van der Waals surface area contributed by atoms with E-state index >= 15 is 0 Å². The third-order valence-corrected chi connectivity index (χ3v) is 4.53. The molecule has 1 saturated heterocycles. The SMILES string of the molecule is Clc1ccc(Cl)c(-c2ccc(CNCCN3CCNCC3)o2)c1.[Cl-].[Cl-].[Cl-]. The molecule has 0 amide bonds. The van der Waals surface area contributed by atoms with Crippen LogP contribution in [0.4, 0.5) is 0 Å². The van der Waals surface area contributed by atoms with Crippen molar-refractivity contribution in [2.45, 2.75) is 6.54 Å². The number of hydrogen-bond donors (Lipinski definition) is 2. The molecular weight excluding hydrogens is 439 g/mol. The van der Waals surface area contributed by atoms with Crippen LogP contribution in [0, 0.1) is 0 Å². The van der Waals surface area contributed by atoms with Gasteiger partial charge < -0.3 is 52.3 Å². The fourth-order valence-electron chi connectivity index (χ4n) is 2.69. The second kappa shape index (κ2) is 13.1. The van der Waals surface area contributed by atoms with Crippen molar-refractivity contribution in [1.82, 2.24) is 15.5 Å². The molecule has 0 bridgehead atoms. The van der Waals surface area contributed by atoms with Gasteiger partial charge in [-0.25, -0.2) is 0 Å². The van der Waals surface area contributed by atoms with Gasteiger partial charge in [0.15, 0.2) is 0 Å². The van der Waals surface area contributed by atoms with Gasteiger partial charge in [-0.05, 0) is 30.3 Å². The minimum absolute atomic E-state index is 0. The van der Waals surface area contributed by atoms with Gasteiger partial charge in [-0.1, -0.05) is 23.2 Å². The maximum Gasteiger partial charge on any atom is 0.135 e. The molecule has 4 nitrogen and oxygen atoms in total. The quantitative estimate of drug-likeness (QED) is 0.422. The number of halogens is 5. The van der Waals surface area contributed by atoms with E-state index in [1.807, 2.05) is 18.2 Å². The molecule has 0 saturated carbocycles. The molecule has 1 fully saturated rings. The molecule has 3 rings (SSSR count). The van der Waals surface area contributed by atoms with Gasteiger partial charge in [0.05, 0.1) is 11.6 Å². The van der Waals surface area contributed by atoms with E-state index < -0.39 is 0 Å². The van der Waals surface area contributed by atoms with Crippen molar-refractivity contribution in [2.75, 3.05) is 39.3 Å². The van der Waals surface area contributed by atoms with Crippen LogP contribution in [-0.4, -0.2) is 44.2 Å². The van der Waals surface area contributed by atoms with Gasteiger partial charge in [0.1, 0.15) is 11.5 Å². The van der Waals surface area contributed by atoms with Gasteiger partial charge in [0, 0.05) is 49.9 Å². The van der Waals surface area contributed by atoms with Gasteiger partial charge in [-0.15, -0.1) is 0 Å². The molecule has 1 aliphatic heterocycles. The third-order valence-electron chi connectivity index (χ3n) is 3.97. The first kappa shape index (κ1) is 25.8. The monoisotopic (exact) mass is 458 g/mol. The minimum atomic E-state index is 0. The number of nitrogens with zero attached hydrogens (tertiary/aromatic N) is 1. The number of hydrogen-bond acceptors (Lipinski definition) is 4.